The van der Waals surface area contributed by atoms with Gasteiger partial charge in [0.2, 0.25) is 0 Å². The minimum absolute atomic E-state index is 0.357. The third-order valence-electron chi connectivity index (χ3n) is 4.49. The van der Waals surface area contributed by atoms with Crippen molar-refractivity contribution in [2.24, 2.45) is 0 Å². The van der Waals surface area contributed by atoms with Gasteiger partial charge >= 0.3 is 12.0 Å². The van der Waals surface area contributed by atoms with E-state index in [0.29, 0.717) is 16.5 Å². The molecule has 0 radical (unpaired) electrons. The molecule has 27 heavy (non-hydrogen) atoms. The molecule has 0 bridgehead atoms. The lowest BCUT2D eigenvalue weighted by molar-refractivity contribution is -0.144. The Morgan fingerprint density at radius 2 is 1.93 bits per heavy atom. The zero-order chi connectivity index (χ0) is 19.4. The first kappa shape index (κ1) is 19.6. The quantitative estimate of drug-likeness (QED) is 0.749. The maximum Gasteiger partial charge on any atom is 0.329 e. The van der Waals surface area contributed by atoms with Crippen LogP contribution < -0.4 is 5.32 Å². The van der Waals surface area contributed by atoms with E-state index in [2.05, 4.69) is 12.2 Å². The minimum atomic E-state index is -0.670. The number of aryl methyl sites for hydroxylation is 1. The summed E-state index contributed by atoms with van der Waals surface area (Å²) in [5.74, 6) is 0.0126. The fraction of sp³-hybridized carbons (Fsp3) is 0.300. The number of amides is 2. The van der Waals surface area contributed by atoms with E-state index in [-0.39, 0.29) is 11.4 Å². The summed E-state index contributed by atoms with van der Waals surface area (Å²) in [5.41, 5.74) is 2.66. The molecule has 0 aliphatic carbocycles. The fourth-order valence-electron chi connectivity index (χ4n) is 3.00. The van der Waals surface area contributed by atoms with Gasteiger partial charge in [-0.25, -0.2) is 9.59 Å². The second-order valence-corrected chi connectivity index (χ2v) is 7.65. The van der Waals surface area contributed by atoms with Gasteiger partial charge in [0, 0.05) is 22.0 Å². The Labute approximate surface area is 168 Å². The van der Waals surface area contributed by atoms with Gasteiger partial charge in [0.15, 0.2) is 0 Å². The van der Waals surface area contributed by atoms with E-state index in [0.717, 1.165) is 12.0 Å². The van der Waals surface area contributed by atoms with Gasteiger partial charge in [-0.15, -0.1) is 11.8 Å². The van der Waals surface area contributed by atoms with Crippen LogP contribution in [0.25, 0.3) is 0 Å². The van der Waals surface area contributed by atoms with E-state index in [1.165, 1.54) is 29.3 Å². The molecule has 1 aliphatic heterocycles. The lowest BCUT2D eigenvalue weighted by Crippen LogP contribution is -2.45. The highest BCUT2D eigenvalue weighted by atomic mass is 35.5. The van der Waals surface area contributed by atoms with Crippen LogP contribution in [0.15, 0.2) is 48.5 Å². The first-order chi connectivity index (χ1) is 13.0. The van der Waals surface area contributed by atoms with Crippen molar-refractivity contribution in [2.45, 2.75) is 24.8 Å². The van der Waals surface area contributed by atoms with Crippen LogP contribution in [-0.4, -0.2) is 35.8 Å². The van der Waals surface area contributed by atoms with E-state index < -0.39 is 12.0 Å². The molecule has 1 heterocycles. The summed E-state index contributed by atoms with van der Waals surface area (Å²) in [4.78, 5) is 26.8. The number of halogens is 1. The molecule has 2 atom stereocenters. The molecule has 3 rings (SSSR count). The number of nitrogens with one attached hydrogen (secondary N) is 1. The molecular weight excluding hydrogens is 384 g/mol. The highest BCUT2D eigenvalue weighted by molar-refractivity contribution is 7.99. The molecule has 5 nitrogen and oxygen atoms in total. The predicted molar refractivity (Wildman–Crippen MR) is 109 cm³/mol. The SMILES string of the molecule is CCc1ccc(NC(=O)N2C(C(=O)OC)CSC2c2ccccc2Cl)cc1. The first-order valence-electron chi connectivity index (χ1n) is 8.67. The van der Waals surface area contributed by atoms with Crippen molar-refractivity contribution in [1.82, 2.24) is 4.90 Å². The number of thioether (sulfide) groups is 1. The number of methoxy groups -OCH3 is 1. The van der Waals surface area contributed by atoms with Crippen LogP contribution in [0.4, 0.5) is 10.5 Å². The van der Waals surface area contributed by atoms with Crippen LogP contribution in [0.2, 0.25) is 5.02 Å². The Balaban J connectivity index is 1.88. The van der Waals surface area contributed by atoms with Crippen LogP contribution in [0.1, 0.15) is 23.4 Å². The number of urea groups is 1. The molecule has 1 saturated heterocycles. The van der Waals surface area contributed by atoms with Gasteiger partial charge in [0.05, 0.1) is 7.11 Å². The Hall–Kier alpha value is -2.18. The normalized spacial score (nSPS) is 19.0. The van der Waals surface area contributed by atoms with Crippen molar-refractivity contribution in [3.63, 3.8) is 0 Å². The third kappa shape index (κ3) is 4.22. The van der Waals surface area contributed by atoms with Crippen LogP contribution in [0.3, 0.4) is 0 Å². The summed E-state index contributed by atoms with van der Waals surface area (Å²) in [6.45, 7) is 2.07. The molecule has 0 saturated carbocycles. The number of benzene rings is 2. The van der Waals surface area contributed by atoms with E-state index in [1.807, 2.05) is 42.5 Å². The maximum atomic E-state index is 13.0. The third-order valence-corrected chi connectivity index (χ3v) is 6.14. The van der Waals surface area contributed by atoms with Crippen LogP contribution in [0, 0.1) is 0 Å². The Bertz CT molecular complexity index is 828. The highest BCUT2D eigenvalue weighted by Crippen LogP contribution is 2.44. The number of hydrogen-bond acceptors (Lipinski definition) is 4. The molecule has 1 N–H and O–H groups in total. The van der Waals surface area contributed by atoms with Gasteiger partial charge in [0.1, 0.15) is 11.4 Å². The van der Waals surface area contributed by atoms with Crippen LogP contribution in [-0.2, 0) is 16.0 Å². The lowest BCUT2D eigenvalue weighted by atomic mass is 10.1. The molecule has 0 spiro atoms. The number of anilines is 1. The molecule has 7 heteroatoms. The molecule has 0 aromatic heterocycles. The van der Waals surface area contributed by atoms with Crippen molar-refractivity contribution in [3.05, 3.63) is 64.7 Å². The Morgan fingerprint density at radius 3 is 2.56 bits per heavy atom. The number of hydrogen-bond donors (Lipinski definition) is 1. The van der Waals surface area contributed by atoms with Crippen LogP contribution >= 0.6 is 23.4 Å². The van der Waals surface area contributed by atoms with E-state index >= 15 is 0 Å². The number of esters is 1. The summed E-state index contributed by atoms with van der Waals surface area (Å²) < 4.78 is 4.90. The standard InChI is InChI=1S/C20H21ClN2O3S/c1-3-13-8-10-14(11-9-13)22-20(25)23-17(19(24)26-2)12-27-18(23)15-6-4-5-7-16(15)21/h4-11,17-18H,3,12H2,1-2H3,(H,22,25). The first-order valence-corrected chi connectivity index (χ1v) is 10.1. The van der Waals surface area contributed by atoms with Crippen molar-refractivity contribution in [2.75, 3.05) is 18.2 Å². The summed E-state index contributed by atoms with van der Waals surface area (Å²) >= 11 is 7.84. The van der Waals surface area contributed by atoms with E-state index in [4.69, 9.17) is 16.3 Å². The molecule has 1 aliphatic rings. The summed E-state index contributed by atoms with van der Waals surface area (Å²) in [7, 11) is 1.33. The maximum absolute atomic E-state index is 13.0. The number of carbonyl (C=O) groups excluding carboxylic acids is 2. The molecule has 1 fully saturated rings. The lowest BCUT2D eigenvalue weighted by Gasteiger charge is -2.28. The van der Waals surface area contributed by atoms with Gasteiger partial charge in [-0.2, -0.15) is 0 Å². The molecule has 2 amide bonds. The summed E-state index contributed by atoms with van der Waals surface area (Å²) in [5, 5.41) is 3.08. The molecule has 2 aromatic carbocycles. The van der Waals surface area contributed by atoms with Gasteiger partial charge in [-0.3, -0.25) is 4.90 Å². The fourth-order valence-corrected chi connectivity index (χ4v) is 4.75. The largest absolute Gasteiger partial charge is 0.467 e. The van der Waals surface area contributed by atoms with Crippen molar-refractivity contribution >= 4 is 41.1 Å². The second-order valence-electron chi connectivity index (χ2n) is 6.13. The topological polar surface area (TPSA) is 58.6 Å². The van der Waals surface area contributed by atoms with Crippen LogP contribution in [0.5, 0.6) is 0 Å². The average Bonchev–Trinajstić information content (AvgIpc) is 3.13. The van der Waals surface area contributed by atoms with Gasteiger partial charge < -0.3 is 10.1 Å². The minimum Gasteiger partial charge on any atom is -0.467 e. The number of carbonyl (C=O) groups is 2. The number of ether oxygens (including phenoxy) is 1. The predicted octanol–water partition coefficient (Wildman–Crippen LogP) is 4.72. The Kier molecular flexibility index (Phi) is 6.29. The average molecular weight is 405 g/mol. The highest BCUT2D eigenvalue weighted by Gasteiger charge is 2.43. The van der Waals surface area contributed by atoms with Gasteiger partial charge in [-0.1, -0.05) is 48.9 Å². The smallest absolute Gasteiger partial charge is 0.329 e. The van der Waals surface area contributed by atoms with Crippen molar-refractivity contribution in [3.8, 4) is 0 Å². The molecule has 2 aromatic rings. The second kappa shape index (κ2) is 8.67. The summed E-state index contributed by atoms with van der Waals surface area (Å²) in [6, 6.07) is 14.0. The van der Waals surface area contributed by atoms with E-state index in [1.54, 1.807) is 6.07 Å². The monoisotopic (exact) mass is 404 g/mol. The van der Waals surface area contributed by atoms with Gasteiger partial charge in [-0.05, 0) is 30.2 Å². The molecular formula is C20H21ClN2O3S. The van der Waals surface area contributed by atoms with Crippen molar-refractivity contribution in [1.29, 1.82) is 0 Å². The molecule has 142 valence electrons. The van der Waals surface area contributed by atoms with Crippen molar-refractivity contribution < 1.29 is 14.3 Å². The zero-order valence-electron chi connectivity index (χ0n) is 15.1. The zero-order valence-corrected chi connectivity index (χ0v) is 16.7. The Morgan fingerprint density at radius 1 is 1.22 bits per heavy atom. The molecule has 2 unspecified atom stereocenters. The van der Waals surface area contributed by atoms with E-state index in [9.17, 15) is 9.59 Å². The van der Waals surface area contributed by atoms with Gasteiger partial charge in [0.25, 0.3) is 0 Å². The summed E-state index contributed by atoms with van der Waals surface area (Å²) in [6.07, 6.45) is 0.927. The number of nitrogens with zero attached hydrogens (tertiary/aromatic N) is 1. The number of rotatable bonds is 4.